The molecule has 0 spiro atoms. The summed E-state index contributed by atoms with van der Waals surface area (Å²) in [7, 11) is 3.77. The first-order valence-electron chi connectivity index (χ1n) is 4.66. The highest BCUT2D eigenvalue weighted by Gasteiger charge is 2.05. The number of benzene rings is 1. The lowest BCUT2D eigenvalue weighted by Gasteiger charge is -2.05. The predicted octanol–water partition coefficient (Wildman–Crippen LogP) is 3.02. The molecular weight excluding hydrogens is 254 g/mol. The third-order valence-electron chi connectivity index (χ3n) is 1.98. The van der Waals surface area contributed by atoms with Crippen molar-refractivity contribution in [2.45, 2.75) is 6.92 Å². The fourth-order valence-corrected chi connectivity index (χ4v) is 1.69. The summed E-state index contributed by atoms with van der Waals surface area (Å²) < 4.78 is 0.994. The first-order chi connectivity index (χ1) is 7.00. The van der Waals surface area contributed by atoms with Crippen LogP contribution >= 0.6 is 15.9 Å². The highest BCUT2D eigenvalue weighted by molar-refractivity contribution is 9.10. The summed E-state index contributed by atoms with van der Waals surface area (Å²) in [5.74, 6) is 0.0358. The number of halogens is 1. The Morgan fingerprint density at radius 1 is 1.40 bits per heavy atom. The van der Waals surface area contributed by atoms with Crippen LogP contribution in [0.15, 0.2) is 34.9 Å². The van der Waals surface area contributed by atoms with E-state index in [4.69, 9.17) is 0 Å². The maximum absolute atomic E-state index is 11.8. The van der Waals surface area contributed by atoms with Gasteiger partial charge in [-0.25, -0.2) is 0 Å². The number of aryl methyl sites for hydroxylation is 1. The van der Waals surface area contributed by atoms with E-state index in [0.717, 1.165) is 15.6 Å². The predicted molar refractivity (Wildman–Crippen MR) is 66.0 cm³/mol. The number of nitrogens with zero attached hydrogens (tertiary/aromatic N) is 1. The molecule has 1 aromatic carbocycles. The monoisotopic (exact) mass is 267 g/mol. The molecule has 0 aliphatic carbocycles. The Balaban J connectivity index is 2.92. The van der Waals surface area contributed by atoms with E-state index in [9.17, 15) is 4.79 Å². The number of allylic oxidation sites excluding steroid dienone is 1. The minimum atomic E-state index is 0.0358. The molecule has 0 heterocycles. The number of hydrogen-bond acceptors (Lipinski definition) is 2. The molecule has 0 fully saturated rings. The van der Waals surface area contributed by atoms with Gasteiger partial charge in [-0.2, -0.15) is 0 Å². The highest BCUT2D eigenvalue weighted by Crippen LogP contribution is 2.16. The van der Waals surface area contributed by atoms with E-state index in [-0.39, 0.29) is 5.78 Å². The molecule has 0 amide bonds. The molecule has 0 aliphatic heterocycles. The van der Waals surface area contributed by atoms with Gasteiger partial charge < -0.3 is 4.90 Å². The van der Waals surface area contributed by atoms with Gasteiger partial charge in [0.1, 0.15) is 0 Å². The Kier molecular flexibility index (Phi) is 4.09. The minimum Gasteiger partial charge on any atom is -0.383 e. The van der Waals surface area contributed by atoms with Gasteiger partial charge in [0, 0.05) is 36.4 Å². The Hall–Kier alpha value is -1.09. The smallest absolute Gasteiger partial charge is 0.187 e. The molecule has 1 aromatic rings. The first-order valence-corrected chi connectivity index (χ1v) is 5.45. The second-order valence-electron chi connectivity index (χ2n) is 3.60. The maximum Gasteiger partial charge on any atom is 0.187 e. The number of carbonyl (C=O) groups excluding carboxylic acids is 1. The molecule has 15 heavy (non-hydrogen) atoms. The minimum absolute atomic E-state index is 0.0358. The van der Waals surface area contributed by atoms with Crippen molar-refractivity contribution in [3.05, 3.63) is 46.1 Å². The van der Waals surface area contributed by atoms with Gasteiger partial charge in [0.2, 0.25) is 0 Å². The second kappa shape index (κ2) is 5.12. The molecule has 0 aliphatic rings. The van der Waals surface area contributed by atoms with Crippen LogP contribution in [0.1, 0.15) is 15.9 Å². The van der Waals surface area contributed by atoms with Crippen LogP contribution < -0.4 is 0 Å². The number of hydrogen-bond donors (Lipinski definition) is 0. The van der Waals surface area contributed by atoms with E-state index in [2.05, 4.69) is 15.9 Å². The lowest BCUT2D eigenvalue weighted by atomic mass is 10.1. The fourth-order valence-electron chi connectivity index (χ4n) is 1.21. The quantitative estimate of drug-likeness (QED) is 0.620. The standard InChI is InChI=1S/C12H14BrNO/c1-9-8-10(13)4-5-11(9)12(15)6-7-14(2)3/h4-8H,1-3H3/b7-6+. The van der Waals surface area contributed by atoms with E-state index < -0.39 is 0 Å². The second-order valence-corrected chi connectivity index (χ2v) is 4.52. The van der Waals surface area contributed by atoms with Crippen molar-refractivity contribution in [2.24, 2.45) is 0 Å². The van der Waals surface area contributed by atoms with Gasteiger partial charge in [-0.3, -0.25) is 4.79 Å². The summed E-state index contributed by atoms with van der Waals surface area (Å²) in [6, 6.07) is 5.65. The molecule has 1 rings (SSSR count). The summed E-state index contributed by atoms with van der Waals surface area (Å²) in [5, 5.41) is 0. The summed E-state index contributed by atoms with van der Waals surface area (Å²) in [5.41, 5.74) is 1.73. The number of carbonyl (C=O) groups is 1. The first kappa shape index (κ1) is 12.0. The van der Waals surface area contributed by atoms with Crippen molar-refractivity contribution >= 4 is 21.7 Å². The van der Waals surface area contributed by atoms with E-state index >= 15 is 0 Å². The Labute approximate surface area is 98.7 Å². The molecule has 0 aromatic heterocycles. The van der Waals surface area contributed by atoms with Crippen LogP contribution in [-0.2, 0) is 0 Å². The average molecular weight is 268 g/mol. The van der Waals surface area contributed by atoms with Crippen molar-refractivity contribution in [3.63, 3.8) is 0 Å². The summed E-state index contributed by atoms with van der Waals surface area (Å²) in [6.07, 6.45) is 3.33. The molecule has 3 heteroatoms. The topological polar surface area (TPSA) is 20.3 Å². The van der Waals surface area contributed by atoms with Crippen molar-refractivity contribution in [2.75, 3.05) is 14.1 Å². The van der Waals surface area contributed by atoms with Crippen LogP contribution in [0.2, 0.25) is 0 Å². The summed E-state index contributed by atoms with van der Waals surface area (Å²) >= 11 is 3.37. The molecule has 0 unspecified atom stereocenters. The average Bonchev–Trinajstić information content (AvgIpc) is 2.14. The van der Waals surface area contributed by atoms with Gasteiger partial charge in [-0.1, -0.05) is 15.9 Å². The number of rotatable bonds is 3. The molecule has 0 atom stereocenters. The molecule has 2 nitrogen and oxygen atoms in total. The Morgan fingerprint density at radius 3 is 2.60 bits per heavy atom. The van der Waals surface area contributed by atoms with Crippen LogP contribution in [0.4, 0.5) is 0 Å². The zero-order valence-electron chi connectivity index (χ0n) is 9.12. The lowest BCUT2D eigenvalue weighted by molar-refractivity contribution is 0.104. The van der Waals surface area contributed by atoms with Crippen LogP contribution in [0, 0.1) is 6.92 Å². The van der Waals surface area contributed by atoms with Crippen LogP contribution in [-0.4, -0.2) is 24.8 Å². The third-order valence-corrected chi connectivity index (χ3v) is 2.47. The highest BCUT2D eigenvalue weighted by atomic mass is 79.9. The van der Waals surface area contributed by atoms with Gasteiger partial charge in [0.05, 0.1) is 0 Å². The molecule has 0 saturated carbocycles. The Bertz CT molecular complexity index is 397. The van der Waals surface area contributed by atoms with Gasteiger partial charge in [0.25, 0.3) is 0 Å². The normalized spacial score (nSPS) is 10.7. The van der Waals surface area contributed by atoms with Crippen LogP contribution in [0.25, 0.3) is 0 Å². The van der Waals surface area contributed by atoms with Crippen molar-refractivity contribution in [1.29, 1.82) is 0 Å². The van der Waals surface area contributed by atoms with E-state index in [1.165, 1.54) is 0 Å². The maximum atomic E-state index is 11.8. The zero-order chi connectivity index (χ0) is 11.4. The van der Waals surface area contributed by atoms with Crippen molar-refractivity contribution < 1.29 is 4.79 Å². The summed E-state index contributed by atoms with van der Waals surface area (Å²) in [4.78, 5) is 13.6. The molecule has 0 N–H and O–H groups in total. The SMILES string of the molecule is Cc1cc(Br)ccc1C(=O)/C=C/N(C)C. The van der Waals surface area contributed by atoms with Crippen LogP contribution in [0.5, 0.6) is 0 Å². The molecule has 0 radical (unpaired) electrons. The summed E-state index contributed by atoms with van der Waals surface area (Å²) in [6.45, 7) is 1.93. The molecule has 80 valence electrons. The fraction of sp³-hybridized carbons (Fsp3) is 0.250. The van der Waals surface area contributed by atoms with Crippen molar-refractivity contribution in [3.8, 4) is 0 Å². The number of ketones is 1. The van der Waals surface area contributed by atoms with E-state index in [1.54, 1.807) is 12.3 Å². The molecule has 0 bridgehead atoms. The van der Waals surface area contributed by atoms with Crippen molar-refractivity contribution in [1.82, 2.24) is 4.90 Å². The van der Waals surface area contributed by atoms with Crippen LogP contribution in [0.3, 0.4) is 0 Å². The molecule has 0 saturated heterocycles. The van der Waals surface area contributed by atoms with Gasteiger partial charge >= 0.3 is 0 Å². The zero-order valence-corrected chi connectivity index (χ0v) is 10.7. The van der Waals surface area contributed by atoms with Gasteiger partial charge in [-0.05, 0) is 30.7 Å². The van der Waals surface area contributed by atoms with E-state index in [1.807, 2.05) is 44.1 Å². The lowest BCUT2D eigenvalue weighted by Crippen LogP contribution is -2.04. The largest absolute Gasteiger partial charge is 0.383 e. The third kappa shape index (κ3) is 3.51. The van der Waals surface area contributed by atoms with Gasteiger partial charge in [-0.15, -0.1) is 0 Å². The molecular formula is C12H14BrNO. The van der Waals surface area contributed by atoms with E-state index in [0.29, 0.717) is 0 Å². The van der Waals surface area contributed by atoms with Gasteiger partial charge in [0.15, 0.2) is 5.78 Å². The Morgan fingerprint density at radius 2 is 2.07 bits per heavy atom.